The lowest BCUT2D eigenvalue weighted by Gasteiger charge is -2.15. The second-order valence-corrected chi connectivity index (χ2v) is 4.31. The van der Waals surface area contributed by atoms with Gasteiger partial charge < -0.3 is 15.8 Å². The molecule has 0 radical (unpaired) electrons. The van der Waals surface area contributed by atoms with Gasteiger partial charge in [-0.3, -0.25) is 20.5 Å². The van der Waals surface area contributed by atoms with Crippen molar-refractivity contribution in [1.29, 1.82) is 0 Å². The van der Waals surface area contributed by atoms with E-state index in [9.17, 15) is 9.59 Å². The van der Waals surface area contributed by atoms with Crippen LogP contribution in [0.5, 0.6) is 0 Å². The van der Waals surface area contributed by atoms with Gasteiger partial charge in [0.25, 0.3) is 0 Å². The normalized spacial score (nSPS) is 12.7. The number of hydrogen-bond donors (Lipinski definition) is 4. The molecule has 1 amide bonds. The third-order valence-corrected chi connectivity index (χ3v) is 2.55. The van der Waals surface area contributed by atoms with Crippen molar-refractivity contribution in [2.45, 2.75) is 39.2 Å². The minimum Gasteiger partial charge on any atom is -0.448 e. The fraction of sp³-hybridized carbons (Fsp3) is 0.750. The average molecular weight is 288 g/mol. The number of nitrogens with zero attached hydrogens (tertiary/aromatic N) is 1. The Labute approximate surface area is 118 Å². The van der Waals surface area contributed by atoms with Crippen LogP contribution >= 0.6 is 0 Å². The van der Waals surface area contributed by atoms with Crippen LogP contribution in [0.2, 0.25) is 0 Å². The minimum atomic E-state index is -0.631. The van der Waals surface area contributed by atoms with E-state index in [2.05, 4.69) is 10.3 Å². The van der Waals surface area contributed by atoms with Gasteiger partial charge in [0.2, 0.25) is 0 Å². The Morgan fingerprint density at radius 3 is 2.60 bits per heavy atom. The Morgan fingerprint density at radius 2 is 2.05 bits per heavy atom. The summed E-state index contributed by atoms with van der Waals surface area (Å²) in [4.78, 5) is 26.8. The molecule has 0 saturated heterocycles. The molecule has 8 nitrogen and oxygen atoms in total. The van der Waals surface area contributed by atoms with Crippen LogP contribution in [-0.2, 0) is 9.53 Å². The van der Waals surface area contributed by atoms with Crippen molar-refractivity contribution < 1.29 is 19.5 Å². The number of nitrogens with two attached hydrogens (primary N) is 1. The van der Waals surface area contributed by atoms with Gasteiger partial charge in [0, 0.05) is 13.1 Å². The quantitative estimate of drug-likeness (QED) is 0.208. The van der Waals surface area contributed by atoms with E-state index in [1.165, 1.54) is 6.92 Å². The predicted octanol–water partition coefficient (Wildman–Crippen LogP) is 0.196. The van der Waals surface area contributed by atoms with Gasteiger partial charge in [-0.2, -0.15) is 0 Å². The third-order valence-electron chi connectivity index (χ3n) is 2.55. The number of carbonyl (C=O) groups excluding carboxylic acids is 2. The Bertz CT molecular complexity index is 333. The molecule has 0 aromatic rings. The third kappa shape index (κ3) is 9.29. The molecule has 0 aliphatic carbocycles. The topological polar surface area (TPSA) is 126 Å². The van der Waals surface area contributed by atoms with Crippen LogP contribution in [0.3, 0.4) is 0 Å². The predicted molar refractivity (Wildman–Crippen MR) is 74.8 cm³/mol. The van der Waals surface area contributed by atoms with E-state index in [-0.39, 0.29) is 18.9 Å². The molecule has 0 spiro atoms. The molecule has 0 aromatic carbocycles. The van der Waals surface area contributed by atoms with Gasteiger partial charge in [-0.05, 0) is 33.1 Å². The number of amidine groups is 1. The summed E-state index contributed by atoms with van der Waals surface area (Å²) in [5.74, 6) is 0.322. The number of hydrogen-bond acceptors (Lipinski definition) is 6. The fourth-order valence-corrected chi connectivity index (χ4v) is 1.45. The monoisotopic (exact) mass is 288 g/mol. The lowest BCUT2D eigenvalue weighted by molar-refractivity contribution is -0.119. The molecule has 20 heavy (non-hydrogen) atoms. The van der Waals surface area contributed by atoms with Crippen LogP contribution in [0.4, 0.5) is 4.79 Å². The van der Waals surface area contributed by atoms with E-state index in [1.54, 1.807) is 6.92 Å². The van der Waals surface area contributed by atoms with Crippen LogP contribution in [0.1, 0.15) is 33.1 Å². The number of alkyl carbamates (subject to hydrolysis) is 1. The first-order valence-corrected chi connectivity index (χ1v) is 6.56. The average Bonchev–Trinajstić information content (AvgIpc) is 2.42. The molecule has 1 atom stereocenters. The summed E-state index contributed by atoms with van der Waals surface area (Å²) in [6, 6.07) is -0.554. The summed E-state index contributed by atoms with van der Waals surface area (Å²) in [5.41, 5.74) is 7.15. The maximum atomic E-state index is 11.4. The summed E-state index contributed by atoms with van der Waals surface area (Å²) in [6.07, 6.45) is 1.37. The van der Waals surface area contributed by atoms with Crippen molar-refractivity contribution in [3.8, 4) is 0 Å². The van der Waals surface area contributed by atoms with Crippen LogP contribution in [0, 0.1) is 0 Å². The van der Waals surface area contributed by atoms with Gasteiger partial charge in [-0.25, -0.2) is 4.79 Å². The Hall–Kier alpha value is -1.67. The number of ether oxygens (including phenoxy) is 1. The highest BCUT2D eigenvalue weighted by molar-refractivity contribution is 5.85. The van der Waals surface area contributed by atoms with Crippen molar-refractivity contribution in [2.24, 2.45) is 10.7 Å². The standard InChI is InChI=1S/C12H24N4O4/c1-9(17)11(15-12(18)20-8-6-13)5-3-4-7-14-10(2)16-19/h11,19H,3-8,13H2,1-2H3,(H,14,16)(H,15,18). The van der Waals surface area contributed by atoms with Crippen LogP contribution in [0.15, 0.2) is 4.99 Å². The lowest BCUT2D eigenvalue weighted by Crippen LogP contribution is -2.40. The molecule has 1 unspecified atom stereocenters. The van der Waals surface area contributed by atoms with Gasteiger partial charge >= 0.3 is 6.09 Å². The zero-order valence-corrected chi connectivity index (χ0v) is 12.0. The molecule has 0 fully saturated rings. The van der Waals surface area contributed by atoms with E-state index in [0.29, 0.717) is 18.8 Å². The van der Waals surface area contributed by atoms with Crippen molar-refractivity contribution in [1.82, 2.24) is 10.8 Å². The number of unbranched alkanes of at least 4 members (excludes halogenated alkanes) is 1. The second kappa shape index (κ2) is 11.2. The summed E-state index contributed by atoms with van der Waals surface area (Å²) < 4.78 is 4.76. The van der Waals surface area contributed by atoms with Gasteiger partial charge in [0.1, 0.15) is 12.4 Å². The van der Waals surface area contributed by atoms with E-state index in [4.69, 9.17) is 15.7 Å². The van der Waals surface area contributed by atoms with Crippen molar-refractivity contribution in [2.75, 3.05) is 19.7 Å². The number of Topliss-reactive ketones (excluding diaryl/α,β-unsaturated/α-hetero) is 1. The highest BCUT2D eigenvalue weighted by Gasteiger charge is 2.17. The molecule has 0 rings (SSSR count). The first-order valence-electron chi connectivity index (χ1n) is 6.56. The summed E-state index contributed by atoms with van der Waals surface area (Å²) in [7, 11) is 0. The molecule has 0 bridgehead atoms. The molecule has 8 heteroatoms. The molecular weight excluding hydrogens is 264 g/mol. The fourth-order valence-electron chi connectivity index (χ4n) is 1.45. The number of nitrogens with one attached hydrogen (secondary N) is 2. The SMILES string of the molecule is CC(=O)C(CCCCN=C(C)NO)NC(=O)OCCN. The number of amides is 1. The Morgan fingerprint density at radius 1 is 1.35 bits per heavy atom. The highest BCUT2D eigenvalue weighted by atomic mass is 16.5. The van der Waals surface area contributed by atoms with Gasteiger partial charge in [0.05, 0.1) is 6.04 Å². The maximum Gasteiger partial charge on any atom is 0.407 e. The minimum absolute atomic E-state index is 0.119. The smallest absolute Gasteiger partial charge is 0.407 e. The van der Waals surface area contributed by atoms with E-state index in [0.717, 1.165) is 12.8 Å². The maximum absolute atomic E-state index is 11.4. The Balaban J connectivity index is 3.97. The van der Waals surface area contributed by atoms with Crippen LogP contribution in [0.25, 0.3) is 0 Å². The molecule has 5 N–H and O–H groups in total. The largest absolute Gasteiger partial charge is 0.448 e. The molecule has 0 heterocycles. The lowest BCUT2D eigenvalue weighted by atomic mass is 10.1. The Kier molecular flexibility index (Phi) is 10.2. The summed E-state index contributed by atoms with van der Waals surface area (Å²) >= 11 is 0. The van der Waals surface area contributed by atoms with E-state index >= 15 is 0 Å². The van der Waals surface area contributed by atoms with Crippen LogP contribution in [-0.4, -0.2) is 48.7 Å². The molecule has 116 valence electrons. The summed E-state index contributed by atoms with van der Waals surface area (Å²) in [6.45, 7) is 3.98. The van der Waals surface area contributed by atoms with Gasteiger partial charge in [-0.1, -0.05) is 0 Å². The van der Waals surface area contributed by atoms with E-state index in [1.807, 2.05) is 5.48 Å². The molecule has 0 aliphatic rings. The molecule has 0 saturated carbocycles. The molecule has 0 aliphatic heterocycles. The number of hydroxylamine groups is 1. The first-order chi connectivity index (χ1) is 9.51. The molecule has 0 aromatic heterocycles. The first kappa shape index (κ1) is 18.3. The number of aliphatic imine (C=N–C) groups is 1. The highest BCUT2D eigenvalue weighted by Crippen LogP contribution is 2.03. The van der Waals surface area contributed by atoms with Crippen LogP contribution < -0.4 is 16.5 Å². The van der Waals surface area contributed by atoms with Crippen molar-refractivity contribution in [3.05, 3.63) is 0 Å². The zero-order chi connectivity index (χ0) is 15.4. The number of carbonyl (C=O) groups is 2. The number of rotatable bonds is 9. The van der Waals surface area contributed by atoms with E-state index < -0.39 is 12.1 Å². The second-order valence-electron chi connectivity index (χ2n) is 4.31. The van der Waals surface area contributed by atoms with Gasteiger partial charge in [0.15, 0.2) is 5.78 Å². The summed E-state index contributed by atoms with van der Waals surface area (Å²) in [5, 5.41) is 11.0. The number of ketones is 1. The van der Waals surface area contributed by atoms with Gasteiger partial charge in [-0.15, -0.1) is 0 Å². The van der Waals surface area contributed by atoms with Crippen molar-refractivity contribution in [3.63, 3.8) is 0 Å². The molecular formula is C12H24N4O4. The van der Waals surface area contributed by atoms with Crippen molar-refractivity contribution >= 4 is 17.7 Å². The zero-order valence-electron chi connectivity index (χ0n) is 12.0.